The van der Waals surface area contributed by atoms with Crippen molar-refractivity contribution in [2.24, 2.45) is 0 Å². The minimum atomic E-state index is -3.84. The molecule has 0 radical (unpaired) electrons. The van der Waals surface area contributed by atoms with Crippen molar-refractivity contribution in [3.8, 4) is 0 Å². The maximum Gasteiger partial charge on any atom is 0.262 e. The first-order valence-corrected chi connectivity index (χ1v) is 8.66. The molecule has 1 atom stereocenters. The SMILES string of the molecule is Cc1ccc(S(=O)(=O)C(C)N2C(=O)c3ccccc3C2=O)cc1. The number of nitrogens with zero attached hydrogens (tertiary/aromatic N) is 1. The maximum atomic E-state index is 12.7. The van der Waals surface area contributed by atoms with Gasteiger partial charge in [-0.05, 0) is 38.1 Å². The van der Waals surface area contributed by atoms with E-state index in [9.17, 15) is 18.0 Å². The van der Waals surface area contributed by atoms with E-state index in [4.69, 9.17) is 0 Å². The van der Waals surface area contributed by atoms with Gasteiger partial charge in [0.1, 0.15) is 5.37 Å². The van der Waals surface area contributed by atoms with Gasteiger partial charge in [-0.25, -0.2) is 8.42 Å². The Hall–Kier alpha value is -2.47. The van der Waals surface area contributed by atoms with Gasteiger partial charge in [0, 0.05) is 0 Å². The Labute approximate surface area is 134 Å². The molecule has 1 unspecified atom stereocenters. The molecule has 0 N–H and O–H groups in total. The number of imide groups is 1. The lowest BCUT2D eigenvalue weighted by molar-refractivity contribution is 0.0640. The van der Waals surface area contributed by atoms with Gasteiger partial charge in [0.15, 0.2) is 9.84 Å². The fourth-order valence-corrected chi connectivity index (χ4v) is 3.98. The highest BCUT2D eigenvalue weighted by molar-refractivity contribution is 7.92. The second-order valence-corrected chi connectivity index (χ2v) is 7.73. The first-order valence-electron chi connectivity index (χ1n) is 7.11. The molecular weight excluding hydrogens is 314 g/mol. The van der Waals surface area contributed by atoms with E-state index in [2.05, 4.69) is 0 Å². The molecule has 6 heteroatoms. The normalized spacial score (nSPS) is 15.7. The molecule has 1 heterocycles. The number of amides is 2. The van der Waals surface area contributed by atoms with Crippen LogP contribution in [0.25, 0.3) is 0 Å². The summed E-state index contributed by atoms with van der Waals surface area (Å²) in [4.78, 5) is 25.8. The van der Waals surface area contributed by atoms with Gasteiger partial charge in [0.05, 0.1) is 16.0 Å². The van der Waals surface area contributed by atoms with Crippen LogP contribution >= 0.6 is 0 Å². The molecule has 2 amide bonds. The highest BCUT2D eigenvalue weighted by Crippen LogP contribution is 2.28. The van der Waals surface area contributed by atoms with Crippen molar-refractivity contribution in [1.29, 1.82) is 0 Å². The zero-order valence-corrected chi connectivity index (χ0v) is 13.5. The van der Waals surface area contributed by atoms with Crippen LogP contribution in [-0.4, -0.2) is 30.5 Å². The molecule has 0 spiro atoms. The van der Waals surface area contributed by atoms with Gasteiger partial charge in [-0.2, -0.15) is 0 Å². The Kier molecular flexibility index (Phi) is 3.56. The standard InChI is InChI=1S/C17H15NO4S/c1-11-7-9-13(10-8-11)23(21,22)12(2)18-16(19)14-5-3-4-6-15(14)17(18)20/h3-10,12H,1-2H3. The highest BCUT2D eigenvalue weighted by Gasteiger charge is 2.43. The molecule has 23 heavy (non-hydrogen) atoms. The smallest absolute Gasteiger partial charge is 0.262 e. The number of sulfone groups is 1. The molecule has 0 aliphatic carbocycles. The van der Waals surface area contributed by atoms with Gasteiger partial charge in [-0.1, -0.05) is 29.8 Å². The molecule has 0 aromatic heterocycles. The minimum absolute atomic E-state index is 0.0900. The molecule has 0 fully saturated rings. The van der Waals surface area contributed by atoms with E-state index in [1.165, 1.54) is 31.2 Å². The summed E-state index contributed by atoms with van der Waals surface area (Å²) >= 11 is 0. The molecule has 118 valence electrons. The molecule has 2 aromatic carbocycles. The maximum absolute atomic E-state index is 12.7. The summed E-state index contributed by atoms with van der Waals surface area (Å²) in [5.41, 5.74) is 1.41. The van der Waals surface area contributed by atoms with E-state index in [0.29, 0.717) is 0 Å². The third-order valence-electron chi connectivity index (χ3n) is 3.99. The molecule has 5 nitrogen and oxygen atoms in total. The second kappa shape index (κ2) is 5.31. The minimum Gasteiger partial charge on any atom is -0.269 e. The average molecular weight is 329 g/mol. The number of rotatable bonds is 3. The number of hydrogen-bond donors (Lipinski definition) is 0. The summed E-state index contributed by atoms with van der Waals surface area (Å²) in [5.74, 6) is -1.15. The quantitative estimate of drug-likeness (QED) is 0.811. The largest absolute Gasteiger partial charge is 0.269 e. The molecule has 2 aromatic rings. The monoisotopic (exact) mass is 329 g/mol. The molecule has 1 aliphatic rings. The zero-order chi connectivity index (χ0) is 16.8. The average Bonchev–Trinajstić information content (AvgIpc) is 2.79. The van der Waals surface area contributed by atoms with Crippen molar-refractivity contribution in [2.45, 2.75) is 24.1 Å². The van der Waals surface area contributed by atoms with E-state index in [1.807, 2.05) is 6.92 Å². The van der Waals surface area contributed by atoms with E-state index in [-0.39, 0.29) is 16.0 Å². The molecule has 3 rings (SSSR count). The van der Waals surface area contributed by atoms with Crippen LogP contribution < -0.4 is 0 Å². The molecule has 0 saturated heterocycles. The van der Waals surface area contributed by atoms with Crippen molar-refractivity contribution in [1.82, 2.24) is 4.90 Å². The van der Waals surface area contributed by atoms with Crippen LogP contribution in [0.15, 0.2) is 53.4 Å². The van der Waals surface area contributed by atoms with E-state index in [0.717, 1.165) is 10.5 Å². The van der Waals surface area contributed by atoms with E-state index in [1.54, 1.807) is 24.3 Å². The van der Waals surface area contributed by atoms with Crippen molar-refractivity contribution in [3.63, 3.8) is 0 Å². The number of benzene rings is 2. The Bertz CT molecular complexity index is 865. The van der Waals surface area contributed by atoms with Crippen LogP contribution in [0.2, 0.25) is 0 Å². The van der Waals surface area contributed by atoms with Crippen molar-refractivity contribution < 1.29 is 18.0 Å². The summed E-state index contributed by atoms with van der Waals surface area (Å²) in [5, 5.41) is -1.27. The number of fused-ring (bicyclic) bond motifs is 1. The summed E-state index contributed by atoms with van der Waals surface area (Å²) in [7, 11) is -3.84. The van der Waals surface area contributed by atoms with Crippen LogP contribution in [0.1, 0.15) is 33.2 Å². The number of aryl methyl sites for hydroxylation is 1. The molecular formula is C17H15NO4S. The van der Waals surface area contributed by atoms with Crippen LogP contribution in [0.5, 0.6) is 0 Å². The summed E-state index contributed by atoms with van der Waals surface area (Å²) < 4.78 is 25.5. The lowest BCUT2D eigenvalue weighted by Crippen LogP contribution is -2.42. The number of carbonyl (C=O) groups is 2. The number of hydrogen-bond acceptors (Lipinski definition) is 4. The highest BCUT2D eigenvalue weighted by atomic mass is 32.2. The van der Waals surface area contributed by atoms with E-state index >= 15 is 0 Å². The van der Waals surface area contributed by atoms with Gasteiger partial charge in [0.25, 0.3) is 11.8 Å². The van der Waals surface area contributed by atoms with Crippen molar-refractivity contribution >= 4 is 21.7 Å². The Morgan fingerprint density at radius 3 is 1.83 bits per heavy atom. The van der Waals surface area contributed by atoms with Gasteiger partial charge in [0.2, 0.25) is 0 Å². The molecule has 0 saturated carbocycles. The van der Waals surface area contributed by atoms with Gasteiger partial charge >= 0.3 is 0 Å². The lowest BCUT2D eigenvalue weighted by Gasteiger charge is -2.22. The van der Waals surface area contributed by atoms with Crippen LogP contribution in [0.3, 0.4) is 0 Å². The number of carbonyl (C=O) groups excluding carboxylic acids is 2. The summed E-state index contributed by atoms with van der Waals surface area (Å²) in [6, 6.07) is 12.7. The predicted octanol–water partition coefficient (Wildman–Crippen LogP) is 2.41. The van der Waals surface area contributed by atoms with Crippen LogP contribution in [-0.2, 0) is 9.84 Å². The van der Waals surface area contributed by atoms with Gasteiger partial charge in [-0.3, -0.25) is 14.5 Å². The molecule has 1 aliphatic heterocycles. The fourth-order valence-electron chi connectivity index (χ4n) is 2.60. The van der Waals surface area contributed by atoms with Crippen LogP contribution in [0, 0.1) is 6.92 Å². The van der Waals surface area contributed by atoms with Crippen LogP contribution in [0.4, 0.5) is 0 Å². The second-order valence-electron chi connectivity index (χ2n) is 5.48. The Morgan fingerprint density at radius 1 is 0.870 bits per heavy atom. The van der Waals surface area contributed by atoms with Crippen molar-refractivity contribution in [3.05, 3.63) is 65.2 Å². The van der Waals surface area contributed by atoms with Gasteiger partial charge in [-0.15, -0.1) is 0 Å². The first-order chi connectivity index (χ1) is 10.8. The fraction of sp³-hybridized carbons (Fsp3) is 0.176. The van der Waals surface area contributed by atoms with Gasteiger partial charge < -0.3 is 0 Å². The topological polar surface area (TPSA) is 71.5 Å². The summed E-state index contributed by atoms with van der Waals surface area (Å²) in [6.07, 6.45) is 0. The first kappa shape index (κ1) is 15.4. The third-order valence-corrected chi connectivity index (χ3v) is 6.03. The third kappa shape index (κ3) is 2.35. The zero-order valence-electron chi connectivity index (χ0n) is 12.7. The van der Waals surface area contributed by atoms with Crippen molar-refractivity contribution in [2.75, 3.05) is 0 Å². The Morgan fingerprint density at radius 2 is 1.35 bits per heavy atom. The lowest BCUT2D eigenvalue weighted by atomic mass is 10.1. The van der Waals surface area contributed by atoms with E-state index < -0.39 is 27.0 Å². The predicted molar refractivity (Wildman–Crippen MR) is 84.8 cm³/mol. The Balaban J connectivity index is 2.01. The summed E-state index contributed by atoms with van der Waals surface area (Å²) in [6.45, 7) is 3.21. The molecule has 0 bridgehead atoms.